The van der Waals surface area contributed by atoms with Crippen molar-refractivity contribution in [3.05, 3.63) is 91.2 Å². The van der Waals surface area contributed by atoms with E-state index in [0.29, 0.717) is 62.5 Å². The number of Topliss-reactive ketones (excluding diaryl/α,β-unsaturated/α-hetero) is 4. The average Bonchev–Trinajstić information content (AvgIpc) is 3.39. The molecule has 382 valence electrons. The molecule has 0 radical (unpaired) electrons. The lowest BCUT2D eigenvalue weighted by Crippen LogP contribution is -2.54. The van der Waals surface area contributed by atoms with Gasteiger partial charge in [-0.25, -0.2) is 5.53 Å². The number of aliphatic carboxylic acids is 1. The van der Waals surface area contributed by atoms with E-state index in [0.717, 1.165) is 55.7 Å². The number of rotatable bonds is 2. The number of nitrogens with one attached hydrogen (secondary N) is 1. The van der Waals surface area contributed by atoms with E-state index in [4.69, 9.17) is 17.1 Å². The first-order valence-corrected chi connectivity index (χ1v) is 28.1. The summed E-state index contributed by atoms with van der Waals surface area (Å²) in [5, 5.41) is 15.0. The Balaban J connectivity index is 0.956. The Labute approximate surface area is 434 Å². The molecular formula is C61H61ClN2O10. The molecule has 0 aromatic carbocycles. The van der Waals surface area contributed by atoms with Crippen molar-refractivity contribution in [3.8, 4) is 0 Å². The fourth-order valence-electron chi connectivity index (χ4n) is 19.2. The van der Waals surface area contributed by atoms with Gasteiger partial charge in [0.25, 0.3) is 0 Å². The van der Waals surface area contributed by atoms with Gasteiger partial charge in [0.05, 0.1) is 11.3 Å². The number of fused-ring (bicyclic) bond motifs is 4. The fraction of sp³-hybridized carbons (Fsp3) is 0.590. The summed E-state index contributed by atoms with van der Waals surface area (Å²) in [6.07, 6.45) is 9.34. The number of hydrogen-bond donors (Lipinski definition) is 2. The largest absolute Gasteiger partial charge is 0.481 e. The Hall–Kier alpha value is -5.36. The predicted octanol–water partition coefficient (Wildman–Crippen LogP) is 8.94. The Morgan fingerprint density at radius 2 is 0.770 bits per heavy atom. The van der Waals surface area contributed by atoms with Crippen LogP contribution < -0.4 is 0 Å². The zero-order valence-electron chi connectivity index (χ0n) is 42.0. The average molecular weight is 1020 g/mol. The Bertz CT molecular complexity index is 3140. The molecule has 0 heterocycles. The molecule has 0 aromatic heterocycles. The molecule has 0 saturated heterocycles. The number of ketones is 8. The van der Waals surface area contributed by atoms with Gasteiger partial charge in [-0.05, 0) is 148 Å². The van der Waals surface area contributed by atoms with Crippen molar-refractivity contribution in [2.75, 3.05) is 0 Å². The normalized spacial score (nSPS) is 44.8. The fourth-order valence-corrected chi connectivity index (χ4v) is 19.6. The third-order valence-electron chi connectivity index (χ3n) is 22.9. The van der Waals surface area contributed by atoms with E-state index < -0.39 is 100 Å². The van der Waals surface area contributed by atoms with Gasteiger partial charge in [0, 0.05) is 82.9 Å². The number of alkyl halides is 1. The maximum absolute atomic E-state index is 15.5. The molecule has 8 bridgehead atoms. The molecule has 13 heteroatoms. The standard InChI is InChI=1S/C61H61ClN2O10/c1-21-8-26-27-11-29-32(52(68)7-4-49(29)65)15-37(27)55(62)38-18-46-43(12-28(26)38)57(69)41-9-24-23(3)25-10-42-47(19-39(25)56(64-63)40(24)20-48(41)60(46)72)59(71)45-17-36-34(16-44(45)58(42)70)53(22(21)2)33-13-30-31(51(67)6-5-50(30)66)14-35(33)54(36)61(73)74/h4-7,21-23,26,29-32,41-48,53-56,63H,8-20H2,1-3H3,(H,73,74)/t21-,22?,23?,26?,29?,30?,31?,32?,41?,42?,43?,44?,45?,46?,47?,48?,53?,54?,55?,56?/m0/s1. The van der Waals surface area contributed by atoms with Crippen LogP contribution in [0.15, 0.2) is 96.3 Å². The zero-order chi connectivity index (χ0) is 51.4. The number of halogens is 1. The quantitative estimate of drug-likeness (QED) is 0.152. The number of carbonyl (C=O) groups is 9. The number of carbonyl (C=O) groups excluding carboxylic acids is 8. The predicted molar refractivity (Wildman–Crippen MR) is 267 cm³/mol. The summed E-state index contributed by atoms with van der Waals surface area (Å²) >= 11 is 7.71. The second kappa shape index (κ2) is 16.3. The lowest BCUT2D eigenvalue weighted by atomic mass is 9.49. The highest BCUT2D eigenvalue weighted by Crippen LogP contribution is 2.64. The summed E-state index contributed by atoms with van der Waals surface area (Å²) in [6, 6.07) is -0.710. The molecule has 0 spiro atoms. The van der Waals surface area contributed by atoms with Crippen LogP contribution in [0, 0.1) is 112 Å². The van der Waals surface area contributed by atoms with Crippen LogP contribution in [-0.2, 0) is 43.2 Å². The maximum Gasteiger partial charge on any atom is 0.314 e. The molecule has 2 N–H and O–H groups in total. The zero-order valence-corrected chi connectivity index (χ0v) is 42.8. The lowest BCUT2D eigenvalue weighted by molar-refractivity contribution is -0.149. The van der Waals surface area contributed by atoms with Crippen LogP contribution in [0.5, 0.6) is 0 Å². The van der Waals surface area contributed by atoms with Gasteiger partial charge in [-0.15, -0.1) is 11.6 Å². The molecule has 14 aliphatic rings. The molecule has 20 atom stereocenters. The van der Waals surface area contributed by atoms with Crippen molar-refractivity contribution in [2.24, 2.45) is 112 Å². The molecule has 14 rings (SSSR count). The van der Waals surface area contributed by atoms with Gasteiger partial charge in [-0.3, -0.25) is 43.2 Å². The van der Waals surface area contributed by atoms with E-state index >= 15 is 19.2 Å². The van der Waals surface area contributed by atoms with Crippen LogP contribution in [0.25, 0.3) is 0 Å². The number of carboxylic acid groups (broad SMARTS) is 1. The van der Waals surface area contributed by atoms with Crippen molar-refractivity contribution in [1.29, 1.82) is 5.53 Å². The van der Waals surface area contributed by atoms with E-state index in [9.17, 15) is 29.1 Å². The van der Waals surface area contributed by atoms with Gasteiger partial charge >= 0.3 is 5.97 Å². The first-order chi connectivity index (χ1) is 35.4. The summed E-state index contributed by atoms with van der Waals surface area (Å²) in [5.41, 5.74) is 19.5. The van der Waals surface area contributed by atoms with Crippen molar-refractivity contribution in [1.82, 2.24) is 0 Å². The topological polar surface area (TPSA) is 210 Å². The molecule has 74 heavy (non-hydrogen) atoms. The minimum Gasteiger partial charge on any atom is -0.481 e. The molecular weight excluding hydrogens is 956 g/mol. The van der Waals surface area contributed by atoms with Gasteiger partial charge in [0.1, 0.15) is 29.2 Å². The molecule has 0 aromatic rings. The molecule has 0 amide bonds. The van der Waals surface area contributed by atoms with Crippen molar-refractivity contribution < 1.29 is 48.3 Å². The summed E-state index contributed by atoms with van der Waals surface area (Å²) in [7, 11) is 0. The third kappa shape index (κ3) is 6.23. The monoisotopic (exact) mass is 1020 g/mol. The highest BCUT2D eigenvalue weighted by Gasteiger charge is 2.61. The SMILES string of the molecule is CC1C2=C3CC4C(=O)C5CC6=C(CC5C(=O)C4C2)C(C[C@H](C)C(C)C2C4=C(CC5C(=O)C=CC(=O)C5C4)C(C(=O)O)C4=C2CC2C(=O)C5CC1=C(CC5C(=O)C2C4)C3N=N)C1=C(CC2C(=O)C=CC(=O)C2C1)C6Cl. The maximum atomic E-state index is 15.5. The Morgan fingerprint density at radius 1 is 0.459 bits per heavy atom. The van der Waals surface area contributed by atoms with E-state index in [1.807, 2.05) is 0 Å². The molecule has 12 nitrogen and oxygen atoms in total. The molecule has 14 aliphatic carbocycles. The van der Waals surface area contributed by atoms with Gasteiger partial charge in [0.2, 0.25) is 0 Å². The van der Waals surface area contributed by atoms with Crippen LogP contribution in [0.2, 0.25) is 0 Å². The van der Waals surface area contributed by atoms with Crippen LogP contribution in [-0.4, -0.2) is 68.8 Å². The smallest absolute Gasteiger partial charge is 0.314 e. The lowest BCUT2D eigenvalue weighted by Gasteiger charge is -2.53. The summed E-state index contributed by atoms with van der Waals surface area (Å²) in [4.78, 5) is 130. The van der Waals surface area contributed by atoms with Crippen molar-refractivity contribution in [2.45, 2.75) is 116 Å². The minimum absolute atomic E-state index is 0.0139. The first-order valence-electron chi connectivity index (χ1n) is 27.7. The number of carboxylic acids is 1. The van der Waals surface area contributed by atoms with Crippen LogP contribution in [0.3, 0.4) is 0 Å². The minimum atomic E-state index is -1.11. The first kappa shape index (κ1) is 47.1. The highest BCUT2D eigenvalue weighted by molar-refractivity contribution is 6.25. The second-order valence-corrected chi connectivity index (χ2v) is 25.8. The van der Waals surface area contributed by atoms with E-state index in [2.05, 4.69) is 25.9 Å². The summed E-state index contributed by atoms with van der Waals surface area (Å²) in [5.74, 6) is -11.2. The number of hydrogen-bond acceptors (Lipinski definition) is 11. The molecule has 19 unspecified atom stereocenters. The Morgan fingerprint density at radius 3 is 1.18 bits per heavy atom. The van der Waals surface area contributed by atoms with E-state index in [1.165, 1.54) is 24.3 Å². The summed E-state index contributed by atoms with van der Waals surface area (Å²) in [6.45, 7) is 6.47. The van der Waals surface area contributed by atoms with Crippen LogP contribution >= 0.6 is 11.6 Å². The second-order valence-electron chi connectivity index (χ2n) is 25.4. The molecule has 3 saturated carbocycles. The van der Waals surface area contributed by atoms with Crippen LogP contribution in [0.4, 0.5) is 0 Å². The van der Waals surface area contributed by atoms with E-state index in [-0.39, 0.29) is 102 Å². The highest BCUT2D eigenvalue weighted by atomic mass is 35.5. The van der Waals surface area contributed by atoms with Gasteiger partial charge in [-0.2, -0.15) is 5.11 Å². The van der Waals surface area contributed by atoms with Gasteiger partial charge < -0.3 is 5.11 Å². The van der Waals surface area contributed by atoms with Gasteiger partial charge in [-0.1, -0.05) is 65.4 Å². The summed E-state index contributed by atoms with van der Waals surface area (Å²) < 4.78 is 0. The number of allylic oxidation sites excluding steroid dienone is 12. The van der Waals surface area contributed by atoms with Crippen molar-refractivity contribution in [3.63, 3.8) is 0 Å². The number of nitrogens with zero attached hydrogens (tertiary/aromatic N) is 1. The molecule has 0 aliphatic heterocycles. The van der Waals surface area contributed by atoms with Crippen LogP contribution in [0.1, 0.15) is 104 Å². The third-order valence-corrected chi connectivity index (χ3v) is 23.4. The van der Waals surface area contributed by atoms with Gasteiger partial charge in [0.15, 0.2) is 23.1 Å². The molecule has 3 fully saturated rings. The van der Waals surface area contributed by atoms with E-state index in [1.54, 1.807) is 0 Å². The van der Waals surface area contributed by atoms with Crippen molar-refractivity contribution >= 4 is 63.8 Å². The Kier molecular flexibility index (Phi) is 10.4.